The van der Waals surface area contributed by atoms with Crippen LogP contribution in [-0.2, 0) is 9.59 Å². The minimum Gasteiger partial charge on any atom is -0.341 e. The van der Waals surface area contributed by atoms with Gasteiger partial charge in [-0.25, -0.2) is 4.39 Å². The standard InChI is InChI=1S/C20H28FN3O2/c1-2-24(12-11-23-9-5-3-4-6-10-23)20(26)17-14-19(25)22-18-8-7-15(21)13-16(17)18/h7-8,13,17H,2-6,9-12,14H2,1H3,(H,22,25)/t17-/m0/s1. The number of nitrogens with one attached hydrogen (secondary N) is 1. The summed E-state index contributed by atoms with van der Waals surface area (Å²) in [5.74, 6) is -1.25. The van der Waals surface area contributed by atoms with Crippen LogP contribution in [0.25, 0.3) is 0 Å². The third-order valence-corrected chi connectivity index (χ3v) is 5.43. The van der Waals surface area contributed by atoms with E-state index in [0.717, 1.165) is 19.6 Å². The van der Waals surface area contributed by atoms with E-state index < -0.39 is 5.92 Å². The van der Waals surface area contributed by atoms with E-state index in [2.05, 4.69) is 10.2 Å². The van der Waals surface area contributed by atoms with Crippen molar-refractivity contribution in [2.24, 2.45) is 0 Å². The van der Waals surface area contributed by atoms with Crippen LogP contribution in [0.4, 0.5) is 10.1 Å². The number of anilines is 1. The first-order chi connectivity index (χ1) is 12.6. The van der Waals surface area contributed by atoms with Gasteiger partial charge in [-0.05, 0) is 56.6 Å². The van der Waals surface area contributed by atoms with Crippen LogP contribution in [0.5, 0.6) is 0 Å². The van der Waals surface area contributed by atoms with Crippen LogP contribution in [0.1, 0.15) is 50.5 Å². The monoisotopic (exact) mass is 361 g/mol. The minimum absolute atomic E-state index is 0.0789. The molecule has 0 radical (unpaired) electrons. The molecule has 2 aliphatic rings. The van der Waals surface area contributed by atoms with E-state index in [1.807, 2.05) is 11.8 Å². The van der Waals surface area contributed by atoms with Crippen LogP contribution in [0.3, 0.4) is 0 Å². The number of carbonyl (C=O) groups is 2. The molecule has 0 bridgehead atoms. The van der Waals surface area contributed by atoms with E-state index in [4.69, 9.17) is 0 Å². The van der Waals surface area contributed by atoms with E-state index in [-0.39, 0.29) is 24.1 Å². The average Bonchev–Trinajstić information content (AvgIpc) is 2.90. The smallest absolute Gasteiger partial charge is 0.230 e. The second-order valence-electron chi connectivity index (χ2n) is 7.21. The van der Waals surface area contributed by atoms with E-state index >= 15 is 0 Å². The van der Waals surface area contributed by atoms with Crippen LogP contribution in [-0.4, -0.2) is 54.3 Å². The van der Waals surface area contributed by atoms with Crippen molar-refractivity contribution in [2.75, 3.05) is 38.0 Å². The lowest BCUT2D eigenvalue weighted by molar-refractivity contribution is -0.135. The Morgan fingerprint density at radius 1 is 1.27 bits per heavy atom. The highest BCUT2D eigenvalue weighted by Gasteiger charge is 2.33. The summed E-state index contributed by atoms with van der Waals surface area (Å²) in [6.07, 6.45) is 5.08. The fourth-order valence-corrected chi connectivity index (χ4v) is 3.92. The fraction of sp³-hybridized carbons (Fsp3) is 0.600. The second-order valence-corrected chi connectivity index (χ2v) is 7.21. The van der Waals surface area contributed by atoms with Gasteiger partial charge in [-0.1, -0.05) is 12.8 Å². The van der Waals surface area contributed by atoms with Crippen LogP contribution < -0.4 is 5.32 Å². The predicted molar refractivity (Wildman–Crippen MR) is 99.5 cm³/mol. The van der Waals surface area contributed by atoms with Gasteiger partial charge in [0.05, 0.1) is 5.92 Å². The molecule has 1 aromatic rings. The summed E-state index contributed by atoms with van der Waals surface area (Å²) in [4.78, 5) is 29.3. The van der Waals surface area contributed by atoms with Crippen molar-refractivity contribution in [2.45, 2.75) is 44.9 Å². The number of likely N-dealkylation sites (N-methyl/N-ethyl adjacent to an activating group) is 1. The lowest BCUT2D eigenvalue weighted by atomic mass is 9.89. The van der Waals surface area contributed by atoms with Gasteiger partial charge in [0.15, 0.2) is 0 Å². The number of benzene rings is 1. The number of carbonyl (C=O) groups excluding carboxylic acids is 2. The Kier molecular flexibility index (Phi) is 6.25. The van der Waals surface area contributed by atoms with Gasteiger partial charge >= 0.3 is 0 Å². The maximum Gasteiger partial charge on any atom is 0.230 e. The summed E-state index contributed by atoms with van der Waals surface area (Å²) >= 11 is 0. The first-order valence-electron chi connectivity index (χ1n) is 9.69. The van der Waals surface area contributed by atoms with E-state index in [9.17, 15) is 14.0 Å². The molecule has 3 rings (SSSR count). The minimum atomic E-state index is -0.599. The van der Waals surface area contributed by atoms with Crippen molar-refractivity contribution in [3.05, 3.63) is 29.6 Å². The molecule has 2 amide bonds. The molecule has 142 valence electrons. The molecule has 1 N–H and O–H groups in total. The molecule has 1 aromatic carbocycles. The summed E-state index contributed by atoms with van der Waals surface area (Å²) in [7, 11) is 0. The Hall–Kier alpha value is -1.95. The molecule has 6 heteroatoms. The zero-order valence-corrected chi connectivity index (χ0v) is 15.5. The lowest BCUT2D eigenvalue weighted by Crippen LogP contribution is -2.42. The highest BCUT2D eigenvalue weighted by molar-refractivity contribution is 6.01. The molecule has 1 saturated heterocycles. The van der Waals surface area contributed by atoms with Gasteiger partial charge in [0.25, 0.3) is 0 Å². The highest BCUT2D eigenvalue weighted by atomic mass is 19.1. The summed E-state index contributed by atoms with van der Waals surface area (Å²) in [5.41, 5.74) is 1.13. The third kappa shape index (κ3) is 4.41. The Morgan fingerprint density at radius 2 is 2.00 bits per heavy atom. The fourth-order valence-electron chi connectivity index (χ4n) is 3.92. The quantitative estimate of drug-likeness (QED) is 0.877. The number of nitrogens with zero attached hydrogens (tertiary/aromatic N) is 2. The van der Waals surface area contributed by atoms with Gasteiger partial charge in [0.1, 0.15) is 5.82 Å². The Morgan fingerprint density at radius 3 is 2.69 bits per heavy atom. The topological polar surface area (TPSA) is 52.7 Å². The summed E-state index contributed by atoms with van der Waals surface area (Å²) < 4.78 is 13.7. The maximum atomic E-state index is 13.7. The van der Waals surface area contributed by atoms with Crippen molar-refractivity contribution >= 4 is 17.5 Å². The van der Waals surface area contributed by atoms with Gasteiger partial charge in [0.2, 0.25) is 11.8 Å². The third-order valence-electron chi connectivity index (χ3n) is 5.43. The molecular weight excluding hydrogens is 333 g/mol. The molecule has 0 aromatic heterocycles. The van der Waals surface area contributed by atoms with Crippen LogP contribution in [0.2, 0.25) is 0 Å². The van der Waals surface area contributed by atoms with Crippen molar-refractivity contribution < 1.29 is 14.0 Å². The number of hydrogen-bond acceptors (Lipinski definition) is 3. The highest BCUT2D eigenvalue weighted by Crippen LogP contribution is 2.34. The Labute approximate surface area is 154 Å². The first kappa shape index (κ1) is 18.8. The van der Waals surface area contributed by atoms with Gasteiger partial charge in [-0.3, -0.25) is 9.59 Å². The van der Waals surface area contributed by atoms with E-state index in [0.29, 0.717) is 24.3 Å². The number of halogens is 1. The van der Waals surface area contributed by atoms with Gasteiger partial charge in [0, 0.05) is 31.7 Å². The lowest BCUT2D eigenvalue weighted by Gasteiger charge is -2.31. The maximum absolute atomic E-state index is 13.7. The van der Waals surface area contributed by atoms with Gasteiger partial charge < -0.3 is 15.1 Å². The first-order valence-corrected chi connectivity index (χ1v) is 9.69. The molecule has 1 fully saturated rings. The Balaban J connectivity index is 1.70. The molecule has 26 heavy (non-hydrogen) atoms. The molecule has 0 saturated carbocycles. The van der Waals surface area contributed by atoms with Crippen molar-refractivity contribution in [3.63, 3.8) is 0 Å². The largest absolute Gasteiger partial charge is 0.341 e. The van der Waals surface area contributed by atoms with Gasteiger partial charge in [-0.2, -0.15) is 0 Å². The van der Waals surface area contributed by atoms with Crippen LogP contribution in [0, 0.1) is 5.82 Å². The molecule has 1 atom stereocenters. The predicted octanol–water partition coefficient (Wildman–Crippen LogP) is 2.98. The van der Waals surface area contributed by atoms with Crippen LogP contribution >= 0.6 is 0 Å². The molecule has 2 heterocycles. The number of amides is 2. The molecule has 0 aliphatic carbocycles. The number of hydrogen-bond donors (Lipinski definition) is 1. The molecule has 0 spiro atoms. The average molecular weight is 361 g/mol. The van der Waals surface area contributed by atoms with Crippen molar-refractivity contribution in [1.29, 1.82) is 0 Å². The van der Waals surface area contributed by atoms with E-state index in [1.54, 1.807) is 0 Å². The number of rotatable bonds is 5. The zero-order chi connectivity index (χ0) is 18.5. The summed E-state index contributed by atoms with van der Waals surface area (Å²) in [6, 6.07) is 4.22. The number of likely N-dealkylation sites (tertiary alicyclic amines) is 1. The van der Waals surface area contributed by atoms with Crippen molar-refractivity contribution in [3.8, 4) is 0 Å². The molecule has 0 unspecified atom stereocenters. The summed E-state index contributed by atoms with van der Waals surface area (Å²) in [6.45, 7) is 6.23. The SMILES string of the molecule is CCN(CCN1CCCCCC1)C(=O)[C@H]1CC(=O)Nc2ccc(F)cc21. The molecular formula is C20H28FN3O2. The van der Waals surface area contributed by atoms with E-state index in [1.165, 1.54) is 43.9 Å². The zero-order valence-electron chi connectivity index (χ0n) is 15.5. The summed E-state index contributed by atoms with van der Waals surface area (Å²) in [5, 5.41) is 2.73. The Bertz CT molecular complexity index is 656. The number of fused-ring (bicyclic) bond motifs is 1. The van der Waals surface area contributed by atoms with Gasteiger partial charge in [-0.15, -0.1) is 0 Å². The molecule has 2 aliphatic heterocycles. The normalized spacial score (nSPS) is 20.8. The second kappa shape index (κ2) is 8.62. The molecule has 5 nitrogen and oxygen atoms in total. The van der Waals surface area contributed by atoms with Crippen LogP contribution in [0.15, 0.2) is 18.2 Å². The van der Waals surface area contributed by atoms with Crippen molar-refractivity contribution in [1.82, 2.24) is 9.80 Å².